The normalized spacial score (nSPS) is 24.6. The van der Waals surface area contributed by atoms with Gasteiger partial charge in [-0.1, -0.05) is 13.0 Å². The number of hydrogen-bond donors (Lipinski definition) is 1. The quantitative estimate of drug-likeness (QED) is 0.856. The molecule has 1 aromatic heterocycles. The second-order valence-electron chi connectivity index (χ2n) is 4.93. The fraction of sp³-hybridized carbons (Fsp3) is 0.714. The van der Waals surface area contributed by atoms with E-state index >= 15 is 0 Å². The summed E-state index contributed by atoms with van der Waals surface area (Å²) in [6, 6.07) is 4.96. The van der Waals surface area contributed by atoms with Crippen molar-refractivity contribution < 1.29 is 4.74 Å². The maximum Gasteiger partial charge on any atom is 0.0521 e. The molecule has 1 aromatic rings. The van der Waals surface area contributed by atoms with Crippen molar-refractivity contribution >= 4 is 11.3 Å². The first kappa shape index (κ1) is 14.0. The molecule has 2 rings (SSSR count). The summed E-state index contributed by atoms with van der Waals surface area (Å²) in [7, 11) is 2.07. The van der Waals surface area contributed by atoms with Gasteiger partial charge in [-0.05, 0) is 31.5 Å². The maximum atomic E-state index is 5.63. The molecule has 2 unspecified atom stereocenters. The summed E-state index contributed by atoms with van der Waals surface area (Å²) in [5.74, 6) is 0.615. The SMILES string of the molecule is CCN(Cc1cccs1)CC1COCCC1NC. The molecule has 1 N–H and O–H groups in total. The van der Waals surface area contributed by atoms with Crippen molar-refractivity contribution in [2.45, 2.75) is 25.9 Å². The van der Waals surface area contributed by atoms with Crippen LogP contribution >= 0.6 is 11.3 Å². The summed E-state index contributed by atoms with van der Waals surface area (Å²) in [4.78, 5) is 3.98. The number of nitrogens with zero attached hydrogens (tertiary/aromatic N) is 1. The van der Waals surface area contributed by atoms with Crippen LogP contribution in [0.2, 0.25) is 0 Å². The molecule has 0 aromatic carbocycles. The predicted molar refractivity (Wildman–Crippen MR) is 77.0 cm³/mol. The van der Waals surface area contributed by atoms with Gasteiger partial charge in [0.25, 0.3) is 0 Å². The van der Waals surface area contributed by atoms with Crippen molar-refractivity contribution in [1.82, 2.24) is 10.2 Å². The Kier molecular flexibility index (Phi) is 5.63. The second-order valence-corrected chi connectivity index (χ2v) is 5.96. The zero-order chi connectivity index (χ0) is 12.8. The molecular weight excluding hydrogens is 244 g/mol. The average molecular weight is 268 g/mol. The Morgan fingerprint density at radius 2 is 2.44 bits per heavy atom. The molecular formula is C14H24N2OS. The van der Waals surface area contributed by atoms with Crippen LogP contribution in [0.3, 0.4) is 0 Å². The van der Waals surface area contributed by atoms with Crippen molar-refractivity contribution in [3.8, 4) is 0 Å². The van der Waals surface area contributed by atoms with Crippen molar-refractivity contribution in [2.75, 3.05) is 33.4 Å². The van der Waals surface area contributed by atoms with E-state index in [4.69, 9.17) is 4.74 Å². The summed E-state index contributed by atoms with van der Waals surface area (Å²) in [5.41, 5.74) is 0. The lowest BCUT2D eigenvalue weighted by Gasteiger charge is -2.34. The van der Waals surface area contributed by atoms with Gasteiger partial charge < -0.3 is 10.1 Å². The minimum atomic E-state index is 0.608. The third kappa shape index (κ3) is 3.79. The molecule has 0 aliphatic carbocycles. The molecule has 2 atom stereocenters. The lowest BCUT2D eigenvalue weighted by Crippen LogP contribution is -2.46. The molecule has 3 nitrogen and oxygen atoms in total. The van der Waals surface area contributed by atoms with E-state index in [0.717, 1.165) is 39.3 Å². The van der Waals surface area contributed by atoms with E-state index in [1.807, 2.05) is 11.3 Å². The Bertz CT molecular complexity index is 329. The third-order valence-corrected chi connectivity index (χ3v) is 4.61. The van der Waals surface area contributed by atoms with Crippen LogP contribution in [0.5, 0.6) is 0 Å². The van der Waals surface area contributed by atoms with Gasteiger partial charge in [0.2, 0.25) is 0 Å². The summed E-state index contributed by atoms with van der Waals surface area (Å²) in [6.07, 6.45) is 1.14. The van der Waals surface area contributed by atoms with Crippen LogP contribution in [0.1, 0.15) is 18.2 Å². The van der Waals surface area contributed by atoms with Gasteiger partial charge in [0.1, 0.15) is 0 Å². The number of hydrogen-bond acceptors (Lipinski definition) is 4. The minimum Gasteiger partial charge on any atom is -0.381 e. The van der Waals surface area contributed by atoms with Crippen LogP contribution in [0.15, 0.2) is 17.5 Å². The number of nitrogens with one attached hydrogen (secondary N) is 1. The molecule has 1 saturated heterocycles. The van der Waals surface area contributed by atoms with Crippen molar-refractivity contribution in [1.29, 1.82) is 0 Å². The minimum absolute atomic E-state index is 0.608. The fourth-order valence-electron chi connectivity index (χ4n) is 2.62. The van der Waals surface area contributed by atoms with Crippen LogP contribution < -0.4 is 5.32 Å². The molecule has 1 fully saturated rings. The summed E-state index contributed by atoms with van der Waals surface area (Å²) < 4.78 is 5.63. The molecule has 102 valence electrons. The van der Waals surface area contributed by atoms with Crippen molar-refractivity contribution in [2.24, 2.45) is 5.92 Å². The van der Waals surface area contributed by atoms with E-state index in [-0.39, 0.29) is 0 Å². The van der Waals surface area contributed by atoms with Gasteiger partial charge >= 0.3 is 0 Å². The highest BCUT2D eigenvalue weighted by atomic mass is 32.1. The number of thiophene rings is 1. The fourth-order valence-corrected chi connectivity index (χ4v) is 3.36. The first-order valence-corrected chi connectivity index (χ1v) is 7.71. The third-order valence-electron chi connectivity index (χ3n) is 3.74. The topological polar surface area (TPSA) is 24.5 Å². The van der Waals surface area contributed by atoms with E-state index in [1.54, 1.807) is 0 Å². The summed E-state index contributed by atoms with van der Waals surface area (Å²) >= 11 is 1.85. The van der Waals surface area contributed by atoms with Crippen LogP contribution in [0, 0.1) is 5.92 Å². The van der Waals surface area contributed by atoms with E-state index in [1.165, 1.54) is 4.88 Å². The van der Waals surface area contributed by atoms with Gasteiger partial charge in [-0.25, -0.2) is 0 Å². The first-order valence-electron chi connectivity index (χ1n) is 6.83. The highest BCUT2D eigenvalue weighted by Crippen LogP contribution is 2.18. The summed E-state index contributed by atoms with van der Waals surface area (Å²) in [6.45, 7) is 7.34. The monoisotopic (exact) mass is 268 g/mol. The van der Waals surface area contributed by atoms with Gasteiger partial charge in [0.15, 0.2) is 0 Å². The smallest absolute Gasteiger partial charge is 0.0521 e. The Balaban J connectivity index is 1.88. The molecule has 18 heavy (non-hydrogen) atoms. The molecule has 0 bridgehead atoms. The van der Waals surface area contributed by atoms with Crippen LogP contribution in [0.4, 0.5) is 0 Å². The molecule has 1 aliphatic rings. The van der Waals surface area contributed by atoms with Gasteiger partial charge in [-0.3, -0.25) is 4.90 Å². The molecule has 0 spiro atoms. The Morgan fingerprint density at radius 1 is 1.56 bits per heavy atom. The molecule has 0 radical (unpaired) electrons. The Hall–Kier alpha value is -0.420. The summed E-state index contributed by atoms with van der Waals surface area (Å²) in [5, 5.41) is 5.59. The highest BCUT2D eigenvalue weighted by Gasteiger charge is 2.26. The zero-order valence-corrected chi connectivity index (χ0v) is 12.2. The number of rotatable bonds is 6. The Morgan fingerprint density at radius 3 is 3.11 bits per heavy atom. The van der Waals surface area contributed by atoms with E-state index in [0.29, 0.717) is 12.0 Å². The standard InChI is InChI=1S/C14H24N2OS/c1-3-16(10-13-5-4-8-18-13)9-12-11-17-7-6-14(12)15-2/h4-5,8,12,14-15H,3,6-7,9-11H2,1-2H3. The van der Waals surface area contributed by atoms with Crippen LogP contribution in [-0.4, -0.2) is 44.3 Å². The van der Waals surface area contributed by atoms with E-state index in [9.17, 15) is 0 Å². The van der Waals surface area contributed by atoms with Gasteiger partial charge in [-0.2, -0.15) is 0 Å². The maximum absolute atomic E-state index is 5.63. The first-order chi connectivity index (χ1) is 8.83. The van der Waals surface area contributed by atoms with Gasteiger partial charge in [0, 0.05) is 36.5 Å². The molecule has 4 heteroatoms. The van der Waals surface area contributed by atoms with Crippen LogP contribution in [-0.2, 0) is 11.3 Å². The molecule has 1 aliphatic heterocycles. The van der Waals surface area contributed by atoms with Crippen molar-refractivity contribution in [3.05, 3.63) is 22.4 Å². The van der Waals surface area contributed by atoms with Crippen LogP contribution in [0.25, 0.3) is 0 Å². The zero-order valence-electron chi connectivity index (χ0n) is 11.4. The lowest BCUT2D eigenvalue weighted by atomic mass is 9.95. The molecule has 2 heterocycles. The second kappa shape index (κ2) is 7.24. The Labute approximate surface area is 114 Å². The largest absolute Gasteiger partial charge is 0.381 e. The van der Waals surface area contributed by atoms with E-state index < -0.39 is 0 Å². The predicted octanol–water partition coefficient (Wildman–Crippen LogP) is 2.19. The molecule has 0 saturated carbocycles. The number of ether oxygens (including phenoxy) is 1. The average Bonchev–Trinajstić information content (AvgIpc) is 2.91. The highest BCUT2D eigenvalue weighted by molar-refractivity contribution is 7.09. The van der Waals surface area contributed by atoms with Crippen molar-refractivity contribution in [3.63, 3.8) is 0 Å². The van der Waals surface area contributed by atoms with Gasteiger partial charge in [0.05, 0.1) is 6.61 Å². The van der Waals surface area contributed by atoms with E-state index in [2.05, 4.69) is 41.7 Å². The van der Waals surface area contributed by atoms with Gasteiger partial charge in [-0.15, -0.1) is 11.3 Å². The lowest BCUT2D eigenvalue weighted by molar-refractivity contribution is 0.0181. The molecule has 0 amide bonds.